The van der Waals surface area contributed by atoms with Crippen LogP contribution < -0.4 is 10.1 Å². The van der Waals surface area contributed by atoms with E-state index in [1.807, 2.05) is 25.1 Å². The summed E-state index contributed by atoms with van der Waals surface area (Å²) in [7, 11) is 1.56. The molecule has 19 heavy (non-hydrogen) atoms. The van der Waals surface area contributed by atoms with Crippen LogP contribution in [0, 0.1) is 6.92 Å². The van der Waals surface area contributed by atoms with Gasteiger partial charge in [0.25, 0.3) is 0 Å². The Labute approximate surface area is 112 Å². The van der Waals surface area contributed by atoms with Gasteiger partial charge in [0.15, 0.2) is 0 Å². The first-order valence-electron chi connectivity index (χ1n) is 6.07. The van der Waals surface area contributed by atoms with Gasteiger partial charge < -0.3 is 15.2 Å². The van der Waals surface area contributed by atoms with Gasteiger partial charge in [-0.25, -0.2) is 0 Å². The first-order valence-corrected chi connectivity index (χ1v) is 6.07. The van der Waals surface area contributed by atoms with E-state index in [2.05, 4.69) is 5.32 Å². The van der Waals surface area contributed by atoms with Gasteiger partial charge in [-0.2, -0.15) is 0 Å². The summed E-state index contributed by atoms with van der Waals surface area (Å²) in [4.78, 5) is 22.3. The van der Waals surface area contributed by atoms with Crippen LogP contribution in [0.2, 0.25) is 0 Å². The van der Waals surface area contributed by atoms with Crippen LogP contribution in [-0.2, 0) is 16.0 Å². The van der Waals surface area contributed by atoms with Gasteiger partial charge in [0.1, 0.15) is 5.75 Å². The summed E-state index contributed by atoms with van der Waals surface area (Å²) in [6.45, 7) is 3.61. The minimum absolute atomic E-state index is 0.0865. The number of rotatable bonds is 6. The van der Waals surface area contributed by atoms with Crippen molar-refractivity contribution in [1.82, 2.24) is 5.32 Å². The van der Waals surface area contributed by atoms with Crippen LogP contribution >= 0.6 is 0 Å². The molecule has 1 rings (SSSR count). The summed E-state index contributed by atoms with van der Waals surface area (Å²) in [6, 6.07) is 5.23. The average Bonchev–Trinajstić information content (AvgIpc) is 2.30. The van der Waals surface area contributed by atoms with Crippen molar-refractivity contribution in [2.24, 2.45) is 0 Å². The van der Waals surface area contributed by atoms with Crippen LogP contribution in [0.4, 0.5) is 0 Å². The fourth-order valence-corrected chi connectivity index (χ4v) is 1.81. The fourth-order valence-electron chi connectivity index (χ4n) is 1.81. The molecule has 0 heterocycles. The highest BCUT2D eigenvalue weighted by Crippen LogP contribution is 2.20. The summed E-state index contributed by atoms with van der Waals surface area (Å²) < 4.78 is 5.22. The number of hydrogen-bond acceptors (Lipinski definition) is 3. The van der Waals surface area contributed by atoms with Crippen molar-refractivity contribution in [3.05, 3.63) is 29.3 Å². The lowest BCUT2D eigenvalue weighted by atomic mass is 10.1. The third-order valence-corrected chi connectivity index (χ3v) is 2.68. The number of aliphatic carboxylic acids is 1. The molecule has 0 saturated heterocycles. The number of amides is 1. The first-order chi connectivity index (χ1) is 8.92. The molecule has 0 aliphatic rings. The zero-order valence-corrected chi connectivity index (χ0v) is 11.4. The molecule has 5 nitrogen and oxygen atoms in total. The van der Waals surface area contributed by atoms with E-state index >= 15 is 0 Å². The molecule has 1 atom stereocenters. The first kappa shape index (κ1) is 15.0. The Balaban J connectivity index is 2.64. The molecule has 0 saturated carbocycles. The molecule has 1 amide bonds. The molecule has 1 unspecified atom stereocenters. The van der Waals surface area contributed by atoms with Gasteiger partial charge in [-0.3, -0.25) is 9.59 Å². The van der Waals surface area contributed by atoms with E-state index < -0.39 is 5.97 Å². The summed E-state index contributed by atoms with van der Waals surface area (Å²) in [5, 5.41) is 11.3. The number of hydrogen-bond donors (Lipinski definition) is 2. The van der Waals surface area contributed by atoms with Crippen molar-refractivity contribution in [2.45, 2.75) is 32.7 Å². The van der Waals surface area contributed by atoms with Crippen molar-refractivity contribution in [3.63, 3.8) is 0 Å². The number of benzene rings is 1. The predicted molar refractivity (Wildman–Crippen MR) is 71.3 cm³/mol. The number of carboxylic acid groups (broad SMARTS) is 1. The Hall–Kier alpha value is -2.04. The Morgan fingerprint density at radius 2 is 2.11 bits per heavy atom. The van der Waals surface area contributed by atoms with Crippen LogP contribution in [0.15, 0.2) is 18.2 Å². The highest BCUT2D eigenvalue weighted by atomic mass is 16.5. The minimum Gasteiger partial charge on any atom is -0.496 e. The lowest BCUT2D eigenvalue weighted by Gasteiger charge is -2.13. The molecule has 0 bridgehead atoms. The number of carbonyl (C=O) groups excluding carboxylic acids is 1. The monoisotopic (exact) mass is 265 g/mol. The second-order valence-electron chi connectivity index (χ2n) is 4.56. The maximum absolute atomic E-state index is 11.8. The number of ether oxygens (including phenoxy) is 1. The molecule has 104 valence electrons. The van der Waals surface area contributed by atoms with Crippen LogP contribution in [0.25, 0.3) is 0 Å². The smallest absolute Gasteiger partial charge is 0.305 e. The zero-order chi connectivity index (χ0) is 14.4. The van der Waals surface area contributed by atoms with Crippen LogP contribution in [0.5, 0.6) is 5.75 Å². The molecule has 1 aromatic carbocycles. The Morgan fingerprint density at radius 1 is 1.42 bits per heavy atom. The van der Waals surface area contributed by atoms with Crippen LogP contribution in [0.3, 0.4) is 0 Å². The second-order valence-corrected chi connectivity index (χ2v) is 4.56. The Morgan fingerprint density at radius 3 is 2.68 bits per heavy atom. The SMILES string of the molecule is COc1cc(C)ccc1CC(=O)NC(C)CC(=O)O. The number of nitrogens with one attached hydrogen (secondary N) is 1. The van der Waals surface area contributed by atoms with E-state index in [1.165, 1.54) is 0 Å². The second kappa shape index (κ2) is 6.78. The topological polar surface area (TPSA) is 75.6 Å². The third kappa shape index (κ3) is 4.99. The molecule has 0 aromatic heterocycles. The number of methoxy groups -OCH3 is 1. The predicted octanol–water partition coefficient (Wildman–Crippen LogP) is 1.53. The Bertz CT molecular complexity index is 471. The number of carbonyl (C=O) groups is 2. The normalized spacial score (nSPS) is 11.7. The quantitative estimate of drug-likeness (QED) is 0.817. The van der Waals surface area contributed by atoms with Crippen molar-refractivity contribution >= 4 is 11.9 Å². The van der Waals surface area contributed by atoms with Gasteiger partial charge in [0.05, 0.1) is 20.0 Å². The van der Waals surface area contributed by atoms with Crippen LogP contribution in [0.1, 0.15) is 24.5 Å². The highest BCUT2D eigenvalue weighted by molar-refractivity contribution is 5.80. The van der Waals surface area contributed by atoms with Crippen molar-refractivity contribution in [3.8, 4) is 5.75 Å². The van der Waals surface area contributed by atoms with E-state index in [4.69, 9.17) is 9.84 Å². The highest BCUT2D eigenvalue weighted by Gasteiger charge is 2.13. The van der Waals surface area contributed by atoms with Crippen molar-refractivity contribution in [1.29, 1.82) is 0 Å². The van der Waals surface area contributed by atoms with Gasteiger partial charge in [0.2, 0.25) is 5.91 Å². The Kier molecular flexibility index (Phi) is 5.36. The lowest BCUT2D eigenvalue weighted by molar-refractivity contribution is -0.137. The largest absolute Gasteiger partial charge is 0.496 e. The standard InChI is InChI=1S/C14H19NO4/c1-9-4-5-11(12(6-9)19-3)8-13(16)15-10(2)7-14(17)18/h4-6,10H,7-8H2,1-3H3,(H,15,16)(H,17,18). The van der Waals surface area contributed by atoms with Gasteiger partial charge in [-0.15, -0.1) is 0 Å². The molecule has 0 fully saturated rings. The van der Waals surface area contributed by atoms with Gasteiger partial charge in [0, 0.05) is 11.6 Å². The summed E-state index contributed by atoms with van der Waals surface area (Å²) in [5.41, 5.74) is 1.84. The molecule has 0 aliphatic carbocycles. The van der Waals surface area contributed by atoms with Crippen molar-refractivity contribution in [2.75, 3.05) is 7.11 Å². The van der Waals surface area contributed by atoms with E-state index in [9.17, 15) is 9.59 Å². The molecule has 5 heteroatoms. The molecular weight excluding hydrogens is 246 g/mol. The van der Waals surface area contributed by atoms with E-state index in [0.29, 0.717) is 5.75 Å². The van der Waals surface area contributed by atoms with Gasteiger partial charge in [-0.05, 0) is 25.5 Å². The average molecular weight is 265 g/mol. The maximum Gasteiger partial charge on any atom is 0.305 e. The van der Waals surface area contributed by atoms with E-state index in [1.54, 1.807) is 14.0 Å². The third-order valence-electron chi connectivity index (χ3n) is 2.68. The van der Waals surface area contributed by atoms with Gasteiger partial charge in [-0.1, -0.05) is 12.1 Å². The minimum atomic E-state index is -0.930. The molecular formula is C14H19NO4. The van der Waals surface area contributed by atoms with E-state index in [-0.39, 0.29) is 24.8 Å². The molecule has 0 radical (unpaired) electrons. The van der Waals surface area contributed by atoms with Gasteiger partial charge >= 0.3 is 5.97 Å². The number of carboxylic acids is 1. The summed E-state index contributed by atoms with van der Waals surface area (Å²) >= 11 is 0. The summed E-state index contributed by atoms with van der Waals surface area (Å²) in [5.74, 6) is -0.474. The molecule has 0 aliphatic heterocycles. The molecule has 2 N–H and O–H groups in total. The van der Waals surface area contributed by atoms with E-state index in [0.717, 1.165) is 11.1 Å². The molecule has 0 spiro atoms. The molecule has 1 aromatic rings. The zero-order valence-electron chi connectivity index (χ0n) is 11.4. The maximum atomic E-state index is 11.8. The lowest BCUT2D eigenvalue weighted by Crippen LogP contribution is -2.35. The van der Waals surface area contributed by atoms with Crippen LogP contribution in [-0.4, -0.2) is 30.1 Å². The summed E-state index contributed by atoms with van der Waals surface area (Å²) in [6.07, 6.45) is 0.0875. The number of aryl methyl sites for hydroxylation is 1. The van der Waals surface area contributed by atoms with Crippen molar-refractivity contribution < 1.29 is 19.4 Å². The fraction of sp³-hybridized carbons (Fsp3) is 0.429.